The minimum absolute atomic E-state index is 0.0646. The number of fused-ring (bicyclic) bond motifs is 5. The molecule has 2 unspecified atom stereocenters. The Morgan fingerprint density at radius 2 is 1.49 bits per heavy atom. The van der Waals surface area contributed by atoms with Crippen LogP contribution in [0, 0.1) is 0 Å². The lowest BCUT2D eigenvalue weighted by Gasteiger charge is -2.26. The second-order valence-electron chi connectivity index (χ2n) is 9.61. The largest absolute Gasteiger partial charge is 0.697 e. The van der Waals surface area contributed by atoms with E-state index < -0.39 is 77.4 Å². The Balaban J connectivity index is 1.18. The summed E-state index contributed by atoms with van der Waals surface area (Å²) in [5, 5.41) is 0. The number of nitrogen functional groups attached to an aromatic ring is 2. The number of ether oxygens (including phenoxy) is 2. The van der Waals surface area contributed by atoms with Crippen molar-refractivity contribution in [2.24, 2.45) is 0 Å². The highest BCUT2D eigenvalue weighted by atomic mass is 32.5. The summed E-state index contributed by atoms with van der Waals surface area (Å²) >= 11 is 5.18. The summed E-state index contributed by atoms with van der Waals surface area (Å²) in [5.74, 6) is 0.132. The Hall–Kier alpha value is -2.97. The average Bonchev–Trinajstić information content (AvgIpc) is 3.73. The molecule has 4 aromatic heterocycles. The molecule has 2 bridgehead atoms. The van der Waals surface area contributed by atoms with Gasteiger partial charge in [0.15, 0.2) is 53.8 Å². The van der Waals surface area contributed by atoms with Gasteiger partial charge in [-0.3, -0.25) is 13.7 Å². The van der Waals surface area contributed by atoms with E-state index in [1.807, 2.05) is 0 Å². The van der Waals surface area contributed by atoms with Gasteiger partial charge in [-0.25, -0.2) is 38.7 Å². The summed E-state index contributed by atoms with van der Waals surface area (Å²) in [6, 6.07) is 0. The number of rotatable bonds is 2. The second kappa shape index (κ2) is 10.9. The molecule has 10 atom stereocenters. The lowest BCUT2D eigenvalue weighted by atomic mass is 10.1. The van der Waals surface area contributed by atoms with Crippen LogP contribution < -0.4 is 11.5 Å². The van der Waals surface area contributed by atoms with Crippen molar-refractivity contribution in [1.29, 1.82) is 0 Å². The van der Waals surface area contributed by atoms with Crippen LogP contribution in [0.3, 0.4) is 0 Å². The van der Waals surface area contributed by atoms with Crippen LogP contribution in [-0.2, 0) is 43.9 Å². The third kappa shape index (κ3) is 5.04. The number of hydrogen-bond donors (Lipinski definition) is 3. The molecule has 43 heavy (non-hydrogen) atoms. The maximum Gasteiger partial charge on any atom is 0.697 e. The number of alkyl halides is 2. The molecule has 0 aromatic carbocycles. The van der Waals surface area contributed by atoms with Gasteiger partial charge in [0, 0.05) is 4.57 Å². The van der Waals surface area contributed by atoms with Crippen molar-refractivity contribution < 1.29 is 45.8 Å². The Kier molecular flexibility index (Phi) is 7.28. The molecule has 3 aliphatic rings. The maximum atomic E-state index is 15.8. The van der Waals surface area contributed by atoms with E-state index >= 15 is 8.78 Å². The molecule has 18 nitrogen and oxygen atoms in total. The van der Waals surface area contributed by atoms with Crippen LogP contribution in [0.25, 0.3) is 22.3 Å². The van der Waals surface area contributed by atoms with Gasteiger partial charge in [0.2, 0.25) is 0 Å². The van der Waals surface area contributed by atoms with Crippen LogP contribution in [0.2, 0.25) is 0 Å². The number of nitrogens with zero attached hydrogens (tertiary/aromatic N) is 8. The molecule has 7 heterocycles. The third-order valence-corrected chi connectivity index (χ3v) is 9.40. The van der Waals surface area contributed by atoms with Crippen molar-refractivity contribution in [3.8, 4) is 0 Å². The molecule has 4 aromatic rings. The zero-order chi connectivity index (χ0) is 30.0. The molecule has 0 radical (unpaired) electrons. The van der Waals surface area contributed by atoms with Gasteiger partial charge in [0.05, 0.1) is 19.3 Å². The zero-order valence-corrected chi connectivity index (χ0v) is 24.0. The highest BCUT2D eigenvalue weighted by Gasteiger charge is 2.55. The normalized spacial score (nSPS) is 36.3. The number of anilines is 2. The molecule has 23 heteroatoms. The molecule has 0 amide bonds. The first-order chi connectivity index (χ1) is 20.6. The highest BCUT2D eigenvalue weighted by Crippen LogP contribution is 2.52. The smallest absolute Gasteiger partial charge is 0.382 e. The summed E-state index contributed by atoms with van der Waals surface area (Å²) < 4.78 is 80.3. The van der Waals surface area contributed by atoms with Crippen LogP contribution in [0.1, 0.15) is 12.5 Å². The van der Waals surface area contributed by atoms with Crippen molar-refractivity contribution in [3.05, 3.63) is 25.3 Å². The average molecular weight is 661 g/mol. The number of nitrogens with two attached hydrogens (primary N) is 2. The summed E-state index contributed by atoms with van der Waals surface area (Å²) in [5.41, 5.74) is 12.5. The van der Waals surface area contributed by atoms with E-state index in [1.54, 1.807) is 0 Å². The fourth-order valence-electron chi connectivity index (χ4n) is 5.07. The molecular weight excluding hydrogens is 640 g/mol. The van der Waals surface area contributed by atoms with Gasteiger partial charge in [-0.15, -0.1) is 9.05 Å². The molecule has 3 fully saturated rings. The van der Waals surface area contributed by atoms with Crippen LogP contribution in [0.4, 0.5) is 20.4 Å². The summed E-state index contributed by atoms with van der Waals surface area (Å²) in [7, 11) is -3.04. The van der Waals surface area contributed by atoms with Gasteiger partial charge in [0.25, 0.3) is 0 Å². The van der Waals surface area contributed by atoms with E-state index in [4.69, 9.17) is 50.8 Å². The van der Waals surface area contributed by atoms with E-state index in [1.165, 1.54) is 34.4 Å². The highest BCUT2D eigenvalue weighted by molar-refractivity contribution is 8.07. The standard InChI is InChI=1S/C20H20F2N10O8P2S/c21-9-7-1-35-41(33)39-13-8(38-19(10(13)22)31-5-29-11-15(23)25-3-27-17(11)31)2-36-42(34,43)40-14(9)20(37-7)32-6-30-12-16(24)26-4-28-18(12)32/h3-10,13-14,19-20H,1-2H2,(H4-,23,24,25,26,27,28,34,43)/p+1/t7-,8-,9+,10-,13-,14-,19-,20-,42?/m1/s1. The van der Waals surface area contributed by atoms with E-state index in [9.17, 15) is 9.46 Å². The van der Waals surface area contributed by atoms with Crippen LogP contribution in [-0.4, -0.2) is 93.9 Å². The van der Waals surface area contributed by atoms with Crippen molar-refractivity contribution in [1.82, 2.24) is 39.0 Å². The number of aromatic nitrogens is 8. The van der Waals surface area contributed by atoms with E-state index in [0.29, 0.717) is 0 Å². The van der Waals surface area contributed by atoms with Gasteiger partial charge in [-0.2, -0.15) is 0 Å². The van der Waals surface area contributed by atoms with Gasteiger partial charge in [-0.1, -0.05) is 0 Å². The number of halogens is 2. The molecule has 228 valence electrons. The SMILES string of the molecule is Nc1ncnc2c1ncn2[C@@H]1O[C@@H]2COP(O)(=S)O[C@@H]3[C@@H](F)[C@@H](CO[P+](=O)O[C@H]2[C@H]1F)O[C@H]3n1cnc2c(N)ncnc21. The minimum atomic E-state index is -4.26. The molecular formula is C20H21F2N10O8P2S+. The quantitative estimate of drug-likeness (QED) is 0.254. The van der Waals surface area contributed by atoms with Gasteiger partial charge in [-0.05, 0) is 11.8 Å². The summed E-state index contributed by atoms with van der Waals surface area (Å²) in [6.07, 6.45) is -7.55. The van der Waals surface area contributed by atoms with Crippen LogP contribution in [0.5, 0.6) is 0 Å². The first-order valence-corrected chi connectivity index (χ1v) is 16.2. The van der Waals surface area contributed by atoms with E-state index in [-0.39, 0.29) is 34.0 Å². The fraction of sp³-hybridized carbons (Fsp3) is 0.500. The lowest BCUT2D eigenvalue weighted by Crippen LogP contribution is -2.33. The third-order valence-electron chi connectivity index (χ3n) is 7.06. The fourth-order valence-corrected chi connectivity index (χ4v) is 7.26. The molecule has 3 aliphatic heterocycles. The molecule has 0 aliphatic carbocycles. The zero-order valence-electron chi connectivity index (χ0n) is 21.4. The van der Waals surface area contributed by atoms with Crippen molar-refractivity contribution in [2.45, 2.75) is 49.2 Å². The Labute approximate surface area is 244 Å². The lowest BCUT2D eigenvalue weighted by molar-refractivity contribution is -0.0580. The summed E-state index contributed by atoms with van der Waals surface area (Å²) in [4.78, 5) is 35.1. The van der Waals surface area contributed by atoms with Crippen molar-refractivity contribution in [2.75, 3.05) is 24.7 Å². The Morgan fingerprint density at radius 3 is 2.14 bits per heavy atom. The first kappa shape index (κ1) is 28.8. The Morgan fingerprint density at radius 1 is 0.884 bits per heavy atom. The van der Waals surface area contributed by atoms with Gasteiger partial charge in [0.1, 0.15) is 48.6 Å². The monoisotopic (exact) mass is 661 g/mol. The number of hydrogen-bond acceptors (Lipinski definition) is 16. The first-order valence-electron chi connectivity index (χ1n) is 12.5. The predicted octanol–water partition coefficient (Wildman–Crippen LogP) is 0.993. The second-order valence-corrected chi connectivity index (χ2v) is 13.3. The van der Waals surface area contributed by atoms with Gasteiger partial charge < -0.3 is 30.4 Å². The van der Waals surface area contributed by atoms with Crippen LogP contribution in [0.15, 0.2) is 25.3 Å². The maximum absolute atomic E-state index is 15.8. The predicted molar refractivity (Wildman–Crippen MR) is 143 cm³/mol. The minimum Gasteiger partial charge on any atom is -0.382 e. The van der Waals surface area contributed by atoms with E-state index in [0.717, 1.165) is 0 Å². The summed E-state index contributed by atoms with van der Waals surface area (Å²) in [6.45, 7) is -5.46. The van der Waals surface area contributed by atoms with Crippen LogP contribution >= 0.6 is 15.0 Å². The number of imidazole rings is 2. The Bertz CT molecular complexity index is 1770. The molecule has 0 spiro atoms. The van der Waals surface area contributed by atoms with E-state index in [2.05, 4.69) is 29.9 Å². The van der Waals surface area contributed by atoms with Gasteiger partial charge >= 0.3 is 15.0 Å². The van der Waals surface area contributed by atoms with Crippen molar-refractivity contribution >= 4 is 60.7 Å². The topological polar surface area (TPSA) is 232 Å². The van der Waals surface area contributed by atoms with Crippen molar-refractivity contribution in [3.63, 3.8) is 0 Å². The molecule has 7 rings (SSSR count). The molecule has 0 saturated carbocycles. The molecule has 3 saturated heterocycles. The molecule has 5 N–H and O–H groups in total.